The highest BCUT2D eigenvalue weighted by molar-refractivity contribution is 6.06. The van der Waals surface area contributed by atoms with Crippen LogP contribution in [-0.2, 0) is 5.41 Å². The average Bonchev–Trinajstić information content (AvgIpc) is 3.82. The van der Waals surface area contributed by atoms with Crippen molar-refractivity contribution in [3.63, 3.8) is 0 Å². The van der Waals surface area contributed by atoms with E-state index in [1.165, 1.54) is 76.6 Å². The molecular formula is C58H45NO. The third-order valence-corrected chi connectivity index (χ3v) is 15.1. The molecule has 4 saturated carbocycles. The van der Waals surface area contributed by atoms with E-state index >= 15 is 0 Å². The van der Waals surface area contributed by atoms with E-state index in [9.17, 15) is 0 Å². The Kier molecular flexibility index (Phi) is 7.52. The Balaban J connectivity index is 0.870. The summed E-state index contributed by atoms with van der Waals surface area (Å²) in [5.41, 5.74) is 18.8. The lowest BCUT2D eigenvalue weighted by atomic mass is 9.43. The van der Waals surface area contributed by atoms with Gasteiger partial charge in [-0.25, -0.2) is 0 Å². The number of hydrogen-bond acceptors (Lipinski definition) is 2. The smallest absolute Gasteiger partial charge is 0.137 e. The normalized spacial score (nSPS) is 22.1. The summed E-state index contributed by atoms with van der Waals surface area (Å²) in [4.78, 5) is 2.35. The standard InChI is InChI=1S/C58H45NO/c1-2-8-39(9-3-1)40-14-16-41(17-15-40)42-18-23-47(24-19-42)59(49-27-28-52-51-11-5-7-13-56(51)60-57(52)36-49)48-25-20-43(21-26-48)44-22-29-55-53(35-44)50-10-4-6-12-54(50)58(55)45-31-37-30-38(33-45)34-46(58)32-37/h1-29,35-38,45-46H,30-34H2. The van der Waals surface area contributed by atoms with Crippen LogP contribution in [-0.4, -0.2) is 0 Å². The van der Waals surface area contributed by atoms with Crippen molar-refractivity contribution in [2.45, 2.75) is 37.5 Å². The number of furan rings is 1. The molecule has 9 aromatic rings. The molecule has 0 amide bonds. The molecule has 4 bridgehead atoms. The predicted octanol–water partition coefficient (Wildman–Crippen LogP) is 15.8. The number of anilines is 3. The molecule has 60 heavy (non-hydrogen) atoms. The van der Waals surface area contributed by atoms with Gasteiger partial charge in [-0.2, -0.15) is 0 Å². The Bertz CT molecular complexity index is 3050. The summed E-state index contributed by atoms with van der Waals surface area (Å²) in [6.07, 6.45) is 7.12. The summed E-state index contributed by atoms with van der Waals surface area (Å²) >= 11 is 0. The topological polar surface area (TPSA) is 16.4 Å². The molecule has 0 saturated heterocycles. The molecule has 288 valence electrons. The fourth-order valence-electron chi connectivity index (χ4n) is 12.7. The van der Waals surface area contributed by atoms with E-state index in [1.807, 2.05) is 6.07 Å². The van der Waals surface area contributed by atoms with Crippen molar-refractivity contribution < 1.29 is 4.42 Å². The largest absolute Gasteiger partial charge is 0.456 e. The molecule has 2 nitrogen and oxygen atoms in total. The first-order valence-electron chi connectivity index (χ1n) is 22.0. The van der Waals surface area contributed by atoms with Crippen LogP contribution in [0.25, 0.3) is 66.4 Å². The molecule has 0 aliphatic heterocycles. The van der Waals surface area contributed by atoms with Gasteiger partial charge in [0, 0.05) is 39.3 Å². The first kappa shape index (κ1) is 34.2. The molecule has 0 radical (unpaired) electrons. The fourth-order valence-corrected chi connectivity index (χ4v) is 12.7. The zero-order valence-corrected chi connectivity index (χ0v) is 33.6. The Morgan fingerprint density at radius 2 is 0.867 bits per heavy atom. The van der Waals surface area contributed by atoms with Crippen molar-refractivity contribution in [2.75, 3.05) is 4.90 Å². The minimum atomic E-state index is 0.199. The van der Waals surface area contributed by atoms with Gasteiger partial charge in [-0.1, -0.05) is 133 Å². The van der Waals surface area contributed by atoms with E-state index in [1.54, 1.807) is 11.1 Å². The molecule has 2 heteroatoms. The molecule has 8 aromatic carbocycles. The van der Waals surface area contributed by atoms with Gasteiger partial charge in [0.15, 0.2) is 0 Å². The lowest BCUT2D eigenvalue weighted by Gasteiger charge is -2.61. The van der Waals surface area contributed by atoms with E-state index in [2.05, 4.69) is 187 Å². The van der Waals surface area contributed by atoms with Crippen molar-refractivity contribution in [2.24, 2.45) is 23.7 Å². The van der Waals surface area contributed by atoms with Crippen LogP contribution in [0.2, 0.25) is 0 Å². The molecule has 5 aliphatic rings. The van der Waals surface area contributed by atoms with Crippen molar-refractivity contribution in [3.8, 4) is 44.5 Å². The number of benzene rings is 8. The summed E-state index contributed by atoms with van der Waals surface area (Å²) in [7, 11) is 0. The predicted molar refractivity (Wildman–Crippen MR) is 248 cm³/mol. The van der Waals surface area contributed by atoms with E-state index in [4.69, 9.17) is 4.42 Å². The van der Waals surface area contributed by atoms with E-state index < -0.39 is 0 Å². The van der Waals surface area contributed by atoms with Crippen molar-refractivity contribution in [3.05, 3.63) is 199 Å². The second-order valence-electron chi connectivity index (χ2n) is 18.1. The van der Waals surface area contributed by atoms with Crippen LogP contribution < -0.4 is 4.90 Å². The Morgan fingerprint density at radius 1 is 0.367 bits per heavy atom. The van der Waals surface area contributed by atoms with Gasteiger partial charge >= 0.3 is 0 Å². The third-order valence-electron chi connectivity index (χ3n) is 15.1. The summed E-state index contributed by atoms with van der Waals surface area (Å²) < 4.78 is 6.42. The fraction of sp³-hybridized carbons (Fsp3) is 0.172. The molecule has 4 fully saturated rings. The molecule has 14 rings (SSSR count). The van der Waals surface area contributed by atoms with Gasteiger partial charge in [0.25, 0.3) is 0 Å². The SMILES string of the molecule is c1ccc(-c2ccc(-c3ccc(N(c4ccc(-c5ccc6c(c5)-c5ccccc5C65C6CC7CC(C6)CC5C7)cc4)c4ccc5c(c4)oc4ccccc45)cc3)cc2)cc1. The first-order valence-corrected chi connectivity index (χ1v) is 22.0. The maximum atomic E-state index is 6.42. The van der Waals surface area contributed by atoms with Gasteiger partial charge < -0.3 is 9.32 Å². The lowest BCUT2D eigenvalue weighted by molar-refractivity contribution is -0.0399. The molecule has 1 aromatic heterocycles. The zero-order valence-electron chi connectivity index (χ0n) is 33.6. The lowest BCUT2D eigenvalue weighted by Crippen LogP contribution is -2.55. The Hall–Kier alpha value is -6.64. The Labute approximate surface area is 351 Å². The van der Waals surface area contributed by atoms with E-state index in [0.29, 0.717) is 0 Å². The molecule has 0 N–H and O–H groups in total. The molecule has 5 aliphatic carbocycles. The molecule has 1 spiro atoms. The Morgan fingerprint density at radius 3 is 1.55 bits per heavy atom. The van der Waals surface area contributed by atoms with Crippen LogP contribution in [0, 0.1) is 23.7 Å². The van der Waals surface area contributed by atoms with Gasteiger partial charge in [-0.05, 0) is 160 Å². The first-order chi connectivity index (χ1) is 29.7. The number of hydrogen-bond donors (Lipinski definition) is 0. The second-order valence-corrected chi connectivity index (χ2v) is 18.1. The van der Waals surface area contributed by atoms with Gasteiger partial charge in [0.1, 0.15) is 11.2 Å². The summed E-state index contributed by atoms with van der Waals surface area (Å²) in [6.45, 7) is 0. The molecule has 1 heterocycles. The quantitative estimate of drug-likeness (QED) is 0.167. The van der Waals surface area contributed by atoms with E-state index in [-0.39, 0.29) is 5.41 Å². The molecule has 0 atom stereocenters. The van der Waals surface area contributed by atoms with Crippen LogP contribution >= 0.6 is 0 Å². The number of fused-ring (bicyclic) bond motifs is 6. The highest BCUT2D eigenvalue weighted by Gasteiger charge is 2.61. The van der Waals surface area contributed by atoms with Gasteiger partial charge in [0.2, 0.25) is 0 Å². The maximum absolute atomic E-state index is 6.42. The summed E-state index contributed by atoms with van der Waals surface area (Å²) in [6, 6.07) is 69.5. The van der Waals surface area contributed by atoms with Crippen LogP contribution in [0.3, 0.4) is 0 Å². The highest BCUT2D eigenvalue weighted by atomic mass is 16.3. The van der Waals surface area contributed by atoms with Crippen molar-refractivity contribution >= 4 is 39.0 Å². The zero-order chi connectivity index (χ0) is 39.4. The van der Waals surface area contributed by atoms with Crippen molar-refractivity contribution in [1.29, 1.82) is 0 Å². The number of nitrogens with zero attached hydrogens (tertiary/aromatic N) is 1. The summed E-state index contributed by atoms with van der Waals surface area (Å²) in [5.74, 6) is 3.45. The number of para-hydroxylation sites is 1. The minimum absolute atomic E-state index is 0.199. The average molecular weight is 772 g/mol. The van der Waals surface area contributed by atoms with E-state index in [0.717, 1.165) is 62.7 Å². The van der Waals surface area contributed by atoms with Crippen LogP contribution in [0.4, 0.5) is 17.1 Å². The maximum Gasteiger partial charge on any atom is 0.137 e. The van der Waals surface area contributed by atoms with Crippen LogP contribution in [0.1, 0.15) is 43.2 Å². The summed E-state index contributed by atoms with van der Waals surface area (Å²) in [5, 5.41) is 2.27. The minimum Gasteiger partial charge on any atom is -0.456 e. The highest BCUT2D eigenvalue weighted by Crippen LogP contribution is 2.69. The van der Waals surface area contributed by atoms with Crippen LogP contribution in [0.5, 0.6) is 0 Å². The monoisotopic (exact) mass is 771 g/mol. The molecular weight excluding hydrogens is 727 g/mol. The van der Waals surface area contributed by atoms with Crippen molar-refractivity contribution in [1.82, 2.24) is 0 Å². The van der Waals surface area contributed by atoms with Gasteiger partial charge in [0.05, 0.1) is 0 Å². The van der Waals surface area contributed by atoms with Crippen LogP contribution in [0.15, 0.2) is 192 Å². The third kappa shape index (κ3) is 5.13. The molecule has 0 unspecified atom stereocenters. The van der Waals surface area contributed by atoms with Gasteiger partial charge in [-0.15, -0.1) is 0 Å². The number of rotatable bonds is 6. The second kappa shape index (κ2) is 13.2. The van der Waals surface area contributed by atoms with Gasteiger partial charge in [-0.3, -0.25) is 0 Å².